The average molecular weight is 321 g/mol. The van der Waals surface area contributed by atoms with Crippen LogP contribution < -0.4 is 0 Å². The second-order valence-electron chi connectivity index (χ2n) is 6.88. The molecule has 2 fully saturated rings. The van der Waals surface area contributed by atoms with E-state index >= 15 is 0 Å². The van der Waals surface area contributed by atoms with E-state index in [0.29, 0.717) is 0 Å². The van der Waals surface area contributed by atoms with Crippen LogP contribution in [0.3, 0.4) is 0 Å². The number of rotatable bonds is 5. The van der Waals surface area contributed by atoms with Crippen molar-refractivity contribution in [2.45, 2.75) is 45.4 Å². The largest absolute Gasteiger partial charge is 0.0925 e. The molecule has 0 amide bonds. The van der Waals surface area contributed by atoms with Crippen LogP contribution in [0.15, 0.2) is 24.3 Å². The van der Waals surface area contributed by atoms with Crippen molar-refractivity contribution >= 4 is 15.9 Å². The third-order valence-electron chi connectivity index (χ3n) is 5.38. The first kappa shape index (κ1) is 13.7. The molecule has 2 bridgehead atoms. The van der Waals surface area contributed by atoms with E-state index in [4.69, 9.17) is 0 Å². The molecule has 4 unspecified atom stereocenters. The maximum atomic E-state index is 3.75. The predicted molar refractivity (Wildman–Crippen MR) is 85.7 cm³/mol. The fourth-order valence-corrected chi connectivity index (χ4v) is 4.84. The predicted octanol–water partition coefficient (Wildman–Crippen LogP) is 5.37. The highest BCUT2D eigenvalue weighted by Gasteiger charge is 2.39. The third kappa shape index (κ3) is 3.24. The maximum Gasteiger partial charge on any atom is 0.00629 e. The van der Waals surface area contributed by atoms with Crippen molar-refractivity contribution in [3.05, 3.63) is 35.4 Å². The fraction of sp³-hybridized carbons (Fsp3) is 0.667. The topological polar surface area (TPSA) is 0 Å². The SMILES string of the molecule is Cc1ccc(CC(CBr)CC2CC3CCC2C3)cc1. The zero-order valence-electron chi connectivity index (χ0n) is 11.9. The summed E-state index contributed by atoms with van der Waals surface area (Å²) in [6.07, 6.45) is 8.82. The molecule has 0 spiro atoms. The van der Waals surface area contributed by atoms with Crippen molar-refractivity contribution in [1.29, 1.82) is 0 Å². The Balaban J connectivity index is 1.57. The van der Waals surface area contributed by atoms with Crippen LogP contribution in [0.4, 0.5) is 0 Å². The molecule has 0 N–H and O–H groups in total. The van der Waals surface area contributed by atoms with Crippen molar-refractivity contribution < 1.29 is 0 Å². The monoisotopic (exact) mass is 320 g/mol. The van der Waals surface area contributed by atoms with Gasteiger partial charge in [0.25, 0.3) is 0 Å². The van der Waals surface area contributed by atoms with Crippen LogP contribution in [0.5, 0.6) is 0 Å². The normalized spacial score (nSPS) is 30.7. The summed E-state index contributed by atoms with van der Waals surface area (Å²) < 4.78 is 0. The molecule has 1 aromatic rings. The van der Waals surface area contributed by atoms with Crippen LogP contribution in [0, 0.1) is 30.6 Å². The second kappa shape index (κ2) is 5.99. The van der Waals surface area contributed by atoms with Crippen LogP contribution >= 0.6 is 15.9 Å². The molecule has 19 heavy (non-hydrogen) atoms. The number of hydrogen-bond acceptors (Lipinski definition) is 0. The van der Waals surface area contributed by atoms with Crippen LogP contribution in [-0.4, -0.2) is 5.33 Å². The minimum Gasteiger partial charge on any atom is -0.0925 e. The van der Waals surface area contributed by atoms with E-state index in [0.717, 1.165) is 29.0 Å². The van der Waals surface area contributed by atoms with Crippen molar-refractivity contribution in [3.8, 4) is 0 Å². The van der Waals surface area contributed by atoms with E-state index in [9.17, 15) is 0 Å². The zero-order valence-corrected chi connectivity index (χ0v) is 13.5. The summed E-state index contributed by atoms with van der Waals surface area (Å²) in [5.41, 5.74) is 2.88. The van der Waals surface area contributed by atoms with E-state index in [-0.39, 0.29) is 0 Å². The number of halogens is 1. The molecule has 0 saturated heterocycles. The summed E-state index contributed by atoms with van der Waals surface area (Å²) >= 11 is 3.75. The standard InChI is InChI=1S/C18H25Br/c1-13-2-4-14(5-3-13)8-16(12-19)11-18-10-15-6-7-17(18)9-15/h2-5,15-18H,6-12H2,1H3. The van der Waals surface area contributed by atoms with Crippen molar-refractivity contribution in [2.75, 3.05) is 5.33 Å². The van der Waals surface area contributed by atoms with Gasteiger partial charge in [0, 0.05) is 5.33 Å². The number of aryl methyl sites for hydroxylation is 1. The summed E-state index contributed by atoms with van der Waals surface area (Å²) in [4.78, 5) is 0. The highest BCUT2D eigenvalue weighted by Crippen LogP contribution is 2.50. The first-order valence-corrected chi connectivity index (χ1v) is 8.98. The van der Waals surface area contributed by atoms with Gasteiger partial charge >= 0.3 is 0 Å². The molecule has 0 radical (unpaired) electrons. The Morgan fingerprint density at radius 2 is 1.95 bits per heavy atom. The molecule has 0 nitrogen and oxygen atoms in total. The van der Waals surface area contributed by atoms with E-state index in [1.54, 1.807) is 6.42 Å². The van der Waals surface area contributed by atoms with Gasteiger partial charge in [-0.25, -0.2) is 0 Å². The maximum absolute atomic E-state index is 3.75. The van der Waals surface area contributed by atoms with Crippen LogP contribution in [0.1, 0.15) is 43.2 Å². The summed E-state index contributed by atoms with van der Waals surface area (Å²) in [7, 11) is 0. The average Bonchev–Trinajstić information content (AvgIpc) is 3.03. The molecule has 0 aliphatic heterocycles. The van der Waals surface area contributed by atoms with Gasteiger partial charge < -0.3 is 0 Å². The summed E-state index contributed by atoms with van der Waals surface area (Å²) in [6, 6.07) is 9.12. The van der Waals surface area contributed by atoms with Gasteiger partial charge in [-0.1, -0.05) is 52.2 Å². The molecule has 0 aromatic heterocycles. The van der Waals surface area contributed by atoms with Gasteiger partial charge in [0.1, 0.15) is 0 Å². The second-order valence-corrected chi connectivity index (χ2v) is 7.53. The third-order valence-corrected chi connectivity index (χ3v) is 6.30. The lowest BCUT2D eigenvalue weighted by atomic mass is 9.81. The molecular formula is C18H25Br. The zero-order chi connectivity index (χ0) is 13.2. The Morgan fingerprint density at radius 3 is 2.53 bits per heavy atom. The highest BCUT2D eigenvalue weighted by molar-refractivity contribution is 9.09. The minimum atomic E-state index is 0.826. The van der Waals surface area contributed by atoms with Gasteiger partial charge in [-0.3, -0.25) is 0 Å². The van der Waals surface area contributed by atoms with Crippen LogP contribution in [0.25, 0.3) is 0 Å². The van der Waals surface area contributed by atoms with Crippen molar-refractivity contribution in [1.82, 2.24) is 0 Å². The van der Waals surface area contributed by atoms with Gasteiger partial charge in [-0.15, -0.1) is 0 Å². The minimum absolute atomic E-state index is 0.826. The molecule has 1 aromatic carbocycles. The molecule has 2 aliphatic carbocycles. The van der Waals surface area contributed by atoms with Gasteiger partial charge in [-0.2, -0.15) is 0 Å². The van der Waals surface area contributed by atoms with Gasteiger partial charge in [0.2, 0.25) is 0 Å². The first-order chi connectivity index (χ1) is 9.24. The molecule has 2 aliphatic rings. The van der Waals surface area contributed by atoms with E-state index in [1.807, 2.05) is 0 Å². The molecule has 2 saturated carbocycles. The van der Waals surface area contributed by atoms with Crippen molar-refractivity contribution in [2.24, 2.45) is 23.7 Å². The molecule has 3 rings (SSSR count). The van der Waals surface area contributed by atoms with Gasteiger partial charge in [-0.05, 0) is 68.3 Å². The Morgan fingerprint density at radius 1 is 1.16 bits per heavy atom. The smallest absolute Gasteiger partial charge is 0.00629 e. The van der Waals surface area contributed by atoms with E-state index < -0.39 is 0 Å². The van der Waals surface area contributed by atoms with Crippen LogP contribution in [0.2, 0.25) is 0 Å². The fourth-order valence-electron chi connectivity index (χ4n) is 4.35. The Labute approximate surface area is 126 Å². The summed E-state index contributed by atoms with van der Waals surface area (Å²) in [6.45, 7) is 2.17. The Bertz CT molecular complexity index is 408. The van der Waals surface area contributed by atoms with E-state index in [2.05, 4.69) is 47.1 Å². The quantitative estimate of drug-likeness (QED) is 0.639. The molecular weight excluding hydrogens is 296 g/mol. The lowest BCUT2D eigenvalue weighted by Crippen LogP contribution is -2.17. The molecule has 1 heteroatoms. The summed E-state index contributed by atoms with van der Waals surface area (Å²) in [5.74, 6) is 4.02. The van der Waals surface area contributed by atoms with Crippen LogP contribution in [-0.2, 0) is 6.42 Å². The molecule has 104 valence electrons. The highest BCUT2D eigenvalue weighted by atomic mass is 79.9. The Kier molecular flexibility index (Phi) is 4.31. The van der Waals surface area contributed by atoms with E-state index in [1.165, 1.54) is 43.2 Å². The number of hydrogen-bond donors (Lipinski definition) is 0. The Hall–Kier alpha value is -0.300. The number of fused-ring (bicyclic) bond motifs is 2. The number of alkyl halides is 1. The molecule has 4 atom stereocenters. The first-order valence-electron chi connectivity index (χ1n) is 7.86. The lowest BCUT2D eigenvalue weighted by molar-refractivity contribution is 0.277. The summed E-state index contributed by atoms with van der Waals surface area (Å²) in [5, 5.41) is 1.16. The van der Waals surface area contributed by atoms with Crippen molar-refractivity contribution in [3.63, 3.8) is 0 Å². The van der Waals surface area contributed by atoms with Gasteiger partial charge in [0.05, 0.1) is 0 Å². The number of benzene rings is 1. The molecule has 0 heterocycles. The van der Waals surface area contributed by atoms with Gasteiger partial charge in [0.15, 0.2) is 0 Å². The lowest BCUT2D eigenvalue weighted by Gasteiger charge is -2.26.